The first kappa shape index (κ1) is 22.2. The Kier molecular flexibility index (Phi) is 5.14. The third-order valence-corrected chi connectivity index (χ3v) is 9.27. The lowest BCUT2D eigenvalue weighted by Crippen LogP contribution is -2.69. The number of carbonyl (C=O) groups is 1. The van der Waals surface area contributed by atoms with Crippen LogP contribution in [0.1, 0.15) is 44.9 Å². The molecule has 1 aliphatic heterocycles. The third kappa shape index (κ3) is 4.17. The molecule has 1 aromatic carbocycles. The summed E-state index contributed by atoms with van der Waals surface area (Å²) >= 11 is 0. The SMILES string of the molecule is O=C(CNC12CC3CC(C1)CC(NS(=O)(=O)c1ccc(F)cc1)(C3)C2)N1CCC(F)(F)C1. The molecule has 1 heterocycles. The smallest absolute Gasteiger partial charge is 0.267 e. The summed E-state index contributed by atoms with van der Waals surface area (Å²) in [7, 11) is -3.83. The highest BCUT2D eigenvalue weighted by atomic mass is 32.2. The van der Waals surface area contributed by atoms with Gasteiger partial charge in [-0.15, -0.1) is 0 Å². The molecule has 10 heteroatoms. The number of alkyl halides is 2. The molecule has 1 aromatic rings. The molecule has 32 heavy (non-hydrogen) atoms. The summed E-state index contributed by atoms with van der Waals surface area (Å²) in [5.41, 5.74) is -0.999. The number of likely N-dealkylation sites (tertiary alicyclic amines) is 1. The van der Waals surface area contributed by atoms with E-state index in [0.717, 1.165) is 44.2 Å². The van der Waals surface area contributed by atoms with E-state index in [-0.39, 0.29) is 35.9 Å². The van der Waals surface area contributed by atoms with Crippen LogP contribution in [0.25, 0.3) is 0 Å². The molecule has 176 valence electrons. The van der Waals surface area contributed by atoms with Crippen LogP contribution >= 0.6 is 0 Å². The summed E-state index contributed by atoms with van der Waals surface area (Å²) in [6, 6.07) is 4.78. The van der Waals surface area contributed by atoms with Gasteiger partial charge in [-0.3, -0.25) is 4.79 Å². The molecule has 1 saturated heterocycles. The van der Waals surface area contributed by atoms with Gasteiger partial charge in [-0.2, -0.15) is 0 Å². The van der Waals surface area contributed by atoms with Crippen LogP contribution in [0.3, 0.4) is 0 Å². The van der Waals surface area contributed by atoms with Crippen molar-refractivity contribution in [3.05, 3.63) is 30.1 Å². The zero-order chi connectivity index (χ0) is 22.8. The van der Waals surface area contributed by atoms with Crippen LogP contribution in [-0.4, -0.2) is 55.9 Å². The number of nitrogens with zero attached hydrogens (tertiary/aromatic N) is 1. The van der Waals surface area contributed by atoms with Crippen LogP contribution < -0.4 is 10.0 Å². The Morgan fingerprint density at radius 2 is 1.69 bits per heavy atom. The molecule has 0 radical (unpaired) electrons. The second kappa shape index (κ2) is 7.43. The van der Waals surface area contributed by atoms with E-state index in [9.17, 15) is 26.4 Å². The van der Waals surface area contributed by atoms with Gasteiger partial charge < -0.3 is 10.2 Å². The molecule has 2 atom stereocenters. The van der Waals surface area contributed by atoms with Crippen molar-refractivity contribution < 1.29 is 26.4 Å². The Labute approximate surface area is 186 Å². The summed E-state index contributed by atoms with van der Waals surface area (Å²) < 4.78 is 69.2. The Hall–Kier alpha value is -1.65. The number of halogens is 3. The standard InChI is InChI=1S/C22H28F3N3O3S/c23-17-1-3-18(4-2-17)32(30,31)27-21-10-15-7-16(11-21)9-20(8-15,13-21)26-12-19(29)28-6-5-22(24,25)14-28/h1-4,15-16,26-27H,5-14H2. The van der Waals surface area contributed by atoms with E-state index >= 15 is 0 Å². The van der Waals surface area contributed by atoms with Crippen molar-refractivity contribution >= 4 is 15.9 Å². The first-order valence-corrected chi connectivity index (χ1v) is 12.7. The Morgan fingerprint density at radius 3 is 2.28 bits per heavy atom. The van der Waals surface area contributed by atoms with Gasteiger partial charge in [0.2, 0.25) is 15.9 Å². The topological polar surface area (TPSA) is 78.5 Å². The zero-order valence-electron chi connectivity index (χ0n) is 17.7. The number of sulfonamides is 1. The summed E-state index contributed by atoms with van der Waals surface area (Å²) in [6.07, 6.45) is 4.47. The maximum absolute atomic E-state index is 13.5. The predicted molar refractivity (Wildman–Crippen MR) is 111 cm³/mol. The maximum atomic E-state index is 13.5. The number of hydrogen-bond acceptors (Lipinski definition) is 4. The highest BCUT2D eigenvalue weighted by Crippen LogP contribution is 2.57. The van der Waals surface area contributed by atoms with Crippen molar-refractivity contribution in [3.8, 4) is 0 Å². The van der Waals surface area contributed by atoms with E-state index in [1.165, 1.54) is 17.0 Å². The van der Waals surface area contributed by atoms with Gasteiger partial charge in [0, 0.05) is 24.0 Å². The van der Waals surface area contributed by atoms with Gasteiger partial charge in [-0.05, 0) is 74.6 Å². The molecule has 2 N–H and O–H groups in total. The van der Waals surface area contributed by atoms with E-state index in [1.807, 2.05) is 0 Å². The highest BCUT2D eigenvalue weighted by molar-refractivity contribution is 7.89. The summed E-state index contributed by atoms with van der Waals surface area (Å²) in [5, 5.41) is 3.37. The molecule has 4 bridgehead atoms. The molecule has 5 fully saturated rings. The Bertz CT molecular complexity index is 1000. The second-order valence-electron chi connectivity index (χ2n) is 10.4. The monoisotopic (exact) mass is 471 g/mol. The van der Waals surface area contributed by atoms with Gasteiger partial charge in [0.05, 0.1) is 18.0 Å². The molecular formula is C22H28F3N3O3S. The fourth-order valence-electron chi connectivity index (χ4n) is 6.87. The van der Waals surface area contributed by atoms with Crippen molar-refractivity contribution in [1.29, 1.82) is 0 Å². The molecule has 6 nitrogen and oxygen atoms in total. The van der Waals surface area contributed by atoms with Crippen LogP contribution in [0, 0.1) is 17.7 Å². The van der Waals surface area contributed by atoms with Gasteiger partial charge >= 0.3 is 0 Å². The Morgan fingerprint density at radius 1 is 1.06 bits per heavy atom. The number of benzene rings is 1. The lowest BCUT2D eigenvalue weighted by Gasteiger charge is -2.62. The normalized spacial score (nSPS) is 35.4. The van der Waals surface area contributed by atoms with Gasteiger partial charge in [-0.25, -0.2) is 26.3 Å². The molecule has 0 aromatic heterocycles. The average Bonchev–Trinajstić information content (AvgIpc) is 3.04. The van der Waals surface area contributed by atoms with E-state index in [4.69, 9.17) is 0 Å². The van der Waals surface area contributed by atoms with Gasteiger partial charge in [0.25, 0.3) is 5.92 Å². The molecule has 4 saturated carbocycles. The van der Waals surface area contributed by atoms with Crippen molar-refractivity contribution in [1.82, 2.24) is 14.9 Å². The van der Waals surface area contributed by atoms with Crippen molar-refractivity contribution in [3.63, 3.8) is 0 Å². The molecule has 6 rings (SSSR count). The number of rotatable bonds is 6. The molecule has 2 unspecified atom stereocenters. The molecular weight excluding hydrogens is 443 g/mol. The largest absolute Gasteiger partial charge is 0.335 e. The van der Waals surface area contributed by atoms with Crippen molar-refractivity contribution in [2.45, 2.75) is 66.8 Å². The molecule has 0 spiro atoms. The zero-order valence-corrected chi connectivity index (χ0v) is 18.6. The molecule has 1 amide bonds. The van der Waals surface area contributed by atoms with Crippen LogP contribution in [0.2, 0.25) is 0 Å². The van der Waals surface area contributed by atoms with Gasteiger partial charge in [-0.1, -0.05) is 0 Å². The fraction of sp³-hybridized carbons (Fsp3) is 0.682. The minimum Gasteiger partial charge on any atom is -0.335 e. The first-order valence-electron chi connectivity index (χ1n) is 11.2. The number of hydrogen-bond donors (Lipinski definition) is 2. The quantitative estimate of drug-likeness (QED) is 0.669. The Balaban J connectivity index is 1.31. The minimum absolute atomic E-state index is 0.0175. The summed E-state index contributed by atoms with van der Waals surface area (Å²) in [6.45, 7) is -0.489. The number of amides is 1. The maximum Gasteiger partial charge on any atom is 0.267 e. The van der Waals surface area contributed by atoms with Crippen molar-refractivity contribution in [2.75, 3.05) is 19.6 Å². The summed E-state index contributed by atoms with van der Waals surface area (Å²) in [5.74, 6) is -2.98. The number of carbonyl (C=O) groups excluding carboxylic acids is 1. The van der Waals surface area contributed by atoms with E-state index in [1.54, 1.807) is 0 Å². The fourth-order valence-corrected chi connectivity index (χ4v) is 8.29. The van der Waals surface area contributed by atoms with Crippen LogP contribution in [-0.2, 0) is 14.8 Å². The predicted octanol–water partition coefficient (Wildman–Crippen LogP) is 2.65. The summed E-state index contributed by atoms with van der Waals surface area (Å²) in [4.78, 5) is 13.8. The van der Waals surface area contributed by atoms with Gasteiger partial charge in [0.1, 0.15) is 5.82 Å². The third-order valence-electron chi connectivity index (χ3n) is 7.67. The lowest BCUT2D eigenvalue weighted by atomic mass is 9.50. The first-order chi connectivity index (χ1) is 15.0. The second-order valence-corrected chi connectivity index (χ2v) is 12.0. The highest BCUT2D eigenvalue weighted by Gasteiger charge is 2.58. The van der Waals surface area contributed by atoms with Crippen molar-refractivity contribution in [2.24, 2.45) is 11.8 Å². The number of nitrogens with one attached hydrogen (secondary N) is 2. The average molecular weight is 472 g/mol. The molecule has 4 aliphatic carbocycles. The molecule has 5 aliphatic rings. The van der Waals surface area contributed by atoms with Crippen LogP contribution in [0.5, 0.6) is 0 Å². The lowest BCUT2D eigenvalue weighted by molar-refractivity contribution is -0.132. The van der Waals surface area contributed by atoms with Crippen LogP contribution in [0.4, 0.5) is 13.2 Å². The van der Waals surface area contributed by atoms with E-state index in [2.05, 4.69) is 10.0 Å². The van der Waals surface area contributed by atoms with E-state index in [0.29, 0.717) is 18.3 Å². The minimum atomic E-state index is -3.83. The van der Waals surface area contributed by atoms with Gasteiger partial charge in [0.15, 0.2) is 0 Å². The van der Waals surface area contributed by atoms with Crippen LogP contribution in [0.15, 0.2) is 29.2 Å². The van der Waals surface area contributed by atoms with E-state index < -0.39 is 33.8 Å².